The summed E-state index contributed by atoms with van der Waals surface area (Å²) in [5.41, 5.74) is 2.57. The number of aromatic amines is 1. The van der Waals surface area contributed by atoms with Gasteiger partial charge in [-0.15, -0.1) is 0 Å². The number of amides is 1. The third-order valence-electron chi connectivity index (χ3n) is 6.49. The molecule has 27 heavy (non-hydrogen) atoms. The number of nitrogens with one attached hydrogen (secondary N) is 1. The highest BCUT2D eigenvalue weighted by molar-refractivity contribution is 5.83. The molecule has 2 aromatic rings. The van der Waals surface area contributed by atoms with E-state index in [4.69, 9.17) is 0 Å². The number of aliphatic hydroxyl groups excluding tert-OH is 1. The van der Waals surface area contributed by atoms with Gasteiger partial charge in [-0.3, -0.25) is 4.90 Å². The van der Waals surface area contributed by atoms with Crippen molar-refractivity contribution in [1.82, 2.24) is 14.8 Å². The third kappa shape index (κ3) is 3.56. The minimum Gasteiger partial charge on any atom is -0.465 e. The Hall–Kier alpha value is -2.05. The molecule has 1 aromatic carbocycles. The summed E-state index contributed by atoms with van der Waals surface area (Å²) in [4.78, 5) is 18.9. The van der Waals surface area contributed by atoms with Crippen LogP contribution in [-0.4, -0.2) is 69.4 Å². The molecule has 3 N–H and O–H groups in total. The Morgan fingerprint density at radius 1 is 1.15 bits per heavy atom. The summed E-state index contributed by atoms with van der Waals surface area (Å²) in [6.45, 7) is 2.41. The van der Waals surface area contributed by atoms with Crippen molar-refractivity contribution < 1.29 is 15.0 Å². The summed E-state index contributed by atoms with van der Waals surface area (Å²) < 4.78 is 0. The number of benzene rings is 1. The lowest BCUT2D eigenvalue weighted by atomic mass is 9.87. The molecule has 2 aliphatic rings. The highest BCUT2D eigenvalue weighted by atomic mass is 16.4. The quantitative estimate of drug-likeness (QED) is 0.771. The van der Waals surface area contributed by atoms with Crippen LogP contribution in [0.5, 0.6) is 0 Å². The van der Waals surface area contributed by atoms with E-state index in [2.05, 4.69) is 40.3 Å². The minimum absolute atomic E-state index is 0.0200. The molecule has 1 amide bonds. The maximum Gasteiger partial charge on any atom is 0.407 e. The molecular weight excluding hydrogens is 342 g/mol. The molecule has 146 valence electrons. The van der Waals surface area contributed by atoms with Crippen LogP contribution in [0, 0.1) is 0 Å². The van der Waals surface area contributed by atoms with E-state index in [1.165, 1.54) is 16.5 Å². The van der Waals surface area contributed by atoms with Crippen LogP contribution in [-0.2, 0) is 0 Å². The minimum atomic E-state index is -0.855. The second kappa shape index (κ2) is 7.90. The highest BCUT2D eigenvalue weighted by Gasteiger charge is 2.37. The van der Waals surface area contributed by atoms with Gasteiger partial charge in [-0.1, -0.05) is 18.2 Å². The molecule has 2 fully saturated rings. The number of piperidine rings is 2. The van der Waals surface area contributed by atoms with Gasteiger partial charge in [0.15, 0.2) is 0 Å². The van der Waals surface area contributed by atoms with Crippen molar-refractivity contribution in [1.29, 1.82) is 0 Å². The maximum absolute atomic E-state index is 11.6. The largest absolute Gasteiger partial charge is 0.465 e. The number of aliphatic hydroxyl groups is 1. The number of para-hydroxylation sites is 1. The van der Waals surface area contributed by atoms with Gasteiger partial charge in [0, 0.05) is 23.6 Å². The average molecular weight is 371 g/mol. The summed E-state index contributed by atoms with van der Waals surface area (Å²) in [6, 6.07) is 8.24. The number of carbonyl (C=O) groups is 1. The smallest absolute Gasteiger partial charge is 0.407 e. The zero-order valence-corrected chi connectivity index (χ0v) is 15.7. The van der Waals surface area contributed by atoms with E-state index in [-0.39, 0.29) is 18.7 Å². The van der Waals surface area contributed by atoms with E-state index in [0.717, 1.165) is 45.2 Å². The number of hydrogen-bond donors (Lipinski definition) is 3. The molecular formula is C21H29N3O3. The number of H-pyrrole nitrogens is 1. The van der Waals surface area contributed by atoms with Crippen molar-refractivity contribution in [2.75, 3.05) is 26.2 Å². The lowest BCUT2D eigenvalue weighted by Gasteiger charge is -2.45. The van der Waals surface area contributed by atoms with Crippen LogP contribution in [0.15, 0.2) is 30.5 Å². The molecule has 0 saturated carbocycles. The molecule has 2 atom stereocenters. The topological polar surface area (TPSA) is 79.8 Å². The molecule has 4 rings (SSSR count). The number of carboxylic acid groups (broad SMARTS) is 1. The van der Waals surface area contributed by atoms with Gasteiger partial charge in [0.1, 0.15) is 0 Å². The van der Waals surface area contributed by atoms with Crippen LogP contribution < -0.4 is 0 Å². The summed E-state index contributed by atoms with van der Waals surface area (Å²) in [6.07, 6.45) is 6.17. The predicted molar refractivity (Wildman–Crippen MR) is 105 cm³/mol. The van der Waals surface area contributed by atoms with Crippen molar-refractivity contribution in [3.05, 3.63) is 36.0 Å². The van der Waals surface area contributed by atoms with E-state index in [1.807, 2.05) is 0 Å². The van der Waals surface area contributed by atoms with Crippen molar-refractivity contribution in [3.63, 3.8) is 0 Å². The van der Waals surface area contributed by atoms with Crippen molar-refractivity contribution in [2.45, 2.75) is 50.1 Å². The van der Waals surface area contributed by atoms with Gasteiger partial charge in [-0.2, -0.15) is 0 Å². The molecule has 3 heterocycles. The zero-order valence-electron chi connectivity index (χ0n) is 15.7. The summed E-state index contributed by atoms with van der Waals surface area (Å²) >= 11 is 0. The van der Waals surface area contributed by atoms with E-state index in [9.17, 15) is 15.0 Å². The number of fused-ring (bicyclic) bond motifs is 1. The van der Waals surface area contributed by atoms with E-state index in [0.29, 0.717) is 12.5 Å². The Morgan fingerprint density at radius 2 is 1.93 bits per heavy atom. The first-order chi connectivity index (χ1) is 13.2. The fraction of sp³-hybridized carbons (Fsp3) is 0.571. The van der Waals surface area contributed by atoms with Crippen LogP contribution in [0.2, 0.25) is 0 Å². The van der Waals surface area contributed by atoms with Crippen molar-refractivity contribution >= 4 is 17.0 Å². The fourth-order valence-corrected chi connectivity index (χ4v) is 5.05. The first-order valence-corrected chi connectivity index (χ1v) is 10.1. The average Bonchev–Trinajstić information content (AvgIpc) is 3.13. The molecule has 0 aliphatic carbocycles. The molecule has 6 nitrogen and oxygen atoms in total. The number of rotatable bonds is 4. The molecule has 1 aromatic heterocycles. The van der Waals surface area contributed by atoms with Gasteiger partial charge in [0.2, 0.25) is 0 Å². The second-order valence-corrected chi connectivity index (χ2v) is 7.89. The van der Waals surface area contributed by atoms with Crippen molar-refractivity contribution in [3.8, 4) is 0 Å². The number of hydrogen-bond acceptors (Lipinski definition) is 3. The molecule has 0 radical (unpaired) electrons. The van der Waals surface area contributed by atoms with Gasteiger partial charge < -0.3 is 20.1 Å². The summed E-state index contributed by atoms with van der Waals surface area (Å²) in [7, 11) is 0. The maximum atomic E-state index is 11.6. The van der Waals surface area contributed by atoms with Crippen LogP contribution in [0.1, 0.15) is 43.6 Å². The Balaban J connectivity index is 1.45. The zero-order chi connectivity index (χ0) is 18.8. The first kappa shape index (κ1) is 18.3. The lowest BCUT2D eigenvalue weighted by molar-refractivity contribution is 0.0151. The SMILES string of the molecule is O=C(O)N1CCCCC1C(CO)N1CCC(c2c[nH]c3ccccc23)CC1. The summed E-state index contributed by atoms with van der Waals surface area (Å²) in [5, 5.41) is 20.9. The van der Waals surface area contributed by atoms with Crippen LogP contribution in [0.25, 0.3) is 10.9 Å². The lowest BCUT2D eigenvalue weighted by Crippen LogP contribution is -2.58. The third-order valence-corrected chi connectivity index (χ3v) is 6.49. The molecule has 0 bridgehead atoms. The van der Waals surface area contributed by atoms with Crippen LogP contribution in [0.4, 0.5) is 4.79 Å². The van der Waals surface area contributed by atoms with Gasteiger partial charge in [0.05, 0.1) is 18.7 Å². The van der Waals surface area contributed by atoms with Gasteiger partial charge in [-0.25, -0.2) is 4.79 Å². The summed E-state index contributed by atoms with van der Waals surface area (Å²) in [5.74, 6) is 0.513. The number of aromatic nitrogens is 1. The number of nitrogens with zero attached hydrogens (tertiary/aromatic N) is 2. The standard InChI is InChI=1S/C21H29N3O3/c25-14-20(19-7-3-4-10-24(19)21(26)27)23-11-8-15(9-12-23)17-13-22-18-6-2-1-5-16(17)18/h1-2,5-6,13,15,19-20,22,25H,3-4,7-12,14H2,(H,26,27). The molecule has 0 spiro atoms. The van der Waals surface area contributed by atoms with Crippen LogP contribution >= 0.6 is 0 Å². The van der Waals surface area contributed by atoms with Crippen LogP contribution in [0.3, 0.4) is 0 Å². The highest BCUT2D eigenvalue weighted by Crippen LogP contribution is 2.34. The Morgan fingerprint density at radius 3 is 2.67 bits per heavy atom. The first-order valence-electron chi connectivity index (χ1n) is 10.1. The number of likely N-dealkylation sites (tertiary alicyclic amines) is 2. The van der Waals surface area contributed by atoms with Crippen molar-refractivity contribution in [2.24, 2.45) is 0 Å². The predicted octanol–water partition coefficient (Wildman–Crippen LogP) is 3.24. The Labute approximate surface area is 159 Å². The molecule has 2 unspecified atom stereocenters. The van der Waals surface area contributed by atoms with E-state index >= 15 is 0 Å². The molecule has 2 saturated heterocycles. The second-order valence-electron chi connectivity index (χ2n) is 7.89. The van der Waals surface area contributed by atoms with Gasteiger partial charge in [-0.05, 0) is 62.7 Å². The Bertz CT molecular complexity index is 782. The molecule has 2 aliphatic heterocycles. The normalized spacial score (nSPS) is 23.6. The molecule has 6 heteroatoms. The van der Waals surface area contributed by atoms with Gasteiger partial charge in [0.25, 0.3) is 0 Å². The van der Waals surface area contributed by atoms with E-state index in [1.54, 1.807) is 4.90 Å². The monoisotopic (exact) mass is 371 g/mol. The Kier molecular flexibility index (Phi) is 5.36. The van der Waals surface area contributed by atoms with Gasteiger partial charge >= 0.3 is 6.09 Å². The fourth-order valence-electron chi connectivity index (χ4n) is 5.05. The van der Waals surface area contributed by atoms with E-state index < -0.39 is 6.09 Å².